The van der Waals surface area contributed by atoms with Gasteiger partial charge in [0.15, 0.2) is 0 Å². The van der Waals surface area contributed by atoms with Gasteiger partial charge in [0.1, 0.15) is 5.82 Å². The second kappa shape index (κ2) is 5.01. The number of nitrogens with one attached hydrogen (secondary N) is 2. The average Bonchev–Trinajstić information content (AvgIpc) is 2.21. The molecular weight excluding hydrogens is 247 g/mol. The molecule has 0 saturated carbocycles. The number of hydrogen-bond acceptors (Lipinski definition) is 2. The first-order chi connectivity index (χ1) is 7.88. The van der Waals surface area contributed by atoms with Crippen LogP contribution < -0.4 is 16.0 Å². The highest BCUT2D eigenvalue weighted by molar-refractivity contribution is 6.35. The second-order valence-electron chi connectivity index (χ2n) is 3.33. The van der Waals surface area contributed by atoms with E-state index in [-0.39, 0.29) is 10.7 Å². The van der Waals surface area contributed by atoms with Crippen molar-refractivity contribution in [1.82, 2.24) is 5.32 Å². The predicted molar refractivity (Wildman–Crippen MR) is 65.0 cm³/mol. The summed E-state index contributed by atoms with van der Waals surface area (Å²) < 4.78 is 13.1. The van der Waals surface area contributed by atoms with Crippen LogP contribution in [0, 0.1) is 18.2 Å². The van der Waals surface area contributed by atoms with Crippen molar-refractivity contribution in [2.45, 2.75) is 6.92 Å². The van der Waals surface area contributed by atoms with E-state index < -0.39 is 17.8 Å². The molecule has 0 aliphatic carbocycles. The molecule has 1 aromatic rings. The predicted octanol–water partition coefficient (Wildman–Crippen LogP) is 1.83. The summed E-state index contributed by atoms with van der Waals surface area (Å²) in [6.07, 6.45) is 0. The zero-order valence-corrected chi connectivity index (χ0v) is 10.1. The summed E-state index contributed by atoms with van der Waals surface area (Å²) in [5, 5.41) is 9.70. The summed E-state index contributed by atoms with van der Waals surface area (Å²) in [5.74, 6) is -1.02. The lowest BCUT2D eigenvalue weighted by Gasteiger charge is -2.23. The van der Waals surface area contributed by atoms with E-state index in [1.54, 1.807) is 6.92 Å². The number of benzene rings is 1. The van der Waals surface area contributed by atoms with Gasteiger partial charge in [0.2, 0.25) is 5.96 Å². The second-order valence-corrected chi connectivity index (χ2v) is 3.74. The van der Waals surface area contributed by atoms with Crippen LogP contribution in [0.25, 0.3) is 0 Å². The van der Waals surface area contributed by atoms with Crippen molar-refractivity contribution in [1.29, 1.82) is 5.41 Å². The quantitative estimate of drug-likeness (QED) is 0.530. The zero-order valence-electron chi connectivity index (χ0n) is 9.34. The van der Waals surface area contributed by atoms with Crippen molar-refractivity contribution in [2.24, 2.45) is 5.73 Å². The fraction of sp³-hybridized carbons (Fsp3) is 0.200. The minimum Gasteiger partial charge on any atom is -0.369 e. The monoisotopic (exact) mass is 258 g/mol. The molecule has 0 unspecified atom stereocenters. The third-order valence-corrected chi connectivity index (χ3v) is 2.39. The van der Waals surface area contributed by atoms with Crippen LogP contribution in [0.2, 0.25) is 5.02 Å². The van der Waals surface area contributed by atoms with Crippen LogP contribution in [0.1, 0.15) is 5.56 Å². The SMILES string of the molecule is CNC(=O)N(C(=N)N)c1c(C)cc(F)cc1Cl. The van der Waals surface area contributed by atoms with Gasteiger partial charge in [-0.3, -0.25) is 5.41 Å². The Morgan fingerprint density at radius 1 is 1.59 bits per heavy atom. The third-order valence-electron chi connectivity index (χ3n) is 2.10. The van der Waals surface area contributed by atoms with Crippen LogP contribution in [0.15, 0.2) is 12.1 Å². The van der Waals surface area contributed by atoms with Crippen LogP contribution >= 0.6 is 11.6 Å². The Labute approximate surface area is 103 Å². The minimum atomic E-state index is -0.617. The van der Waals surface area contributed by atoms with Crippen molar-refractivity contribution < 1.29 is 9.18 Å². The maximum Gasteiger partial charge on any atom is 0.328 e. The van der Waals surface area contributed by atoms with Crippen LogP contribution in [-0.4, -0.2) is 19.0 Å². The van der Waals surface area contributed by atoms with Crippen LogP contribution in [0.3, 0.4) is 0 Å². The third kappa shape index (κ3) is 2.65. The molecule has 1 aromatic carbocycles. The average molecular weight is 259 g/mol. The van der Waals surface area contributed by atoms with E-state index in [9.17, 15) is 9.18 Å². The molecule has 1 rings (SSSR count). The number of nitrogens with two attached hydrogens (primary N) is 1. The first-order valence-corrected chi connectivity index (χ1v) is 5.07. The van der Waals surface area contributed by atoms with E-state index in [2.05, 4.69) is 5.32 Å². The fourth-order valence-electron chi connectivity index (χ4n) is 1.42. The molecule has 0 spiro atoms. The summed E-state index contributed by atoms with van der Waals surface area (Å²) >= 11 is 5.86. The molecule has 0 radical (unpaired) electrons. The van der Waals surface area contributed by atoms with Crippen LogP contribution in [-0.2, 0) is 0 Å². The van der Waals surface area contributed by atoms with Gasteiger partial charge in [0.05, 0.1) is 10.7 Å². The molecule has 92 valence electrons. The highest BCUT2D eigenvalue weighted by Gasteiger charge is 2.22. The van der Waals surface area contributed by atoms with Gasteiger partial charge in [-0.2, -0.15) is 0 Å². The molecule has 0 saturated heterocycles. The lowest BCUT2D eigenvalue weighted by Crippen LogP contribution is -2.46. The topological polar surface area (TPSA) is 82.2 Å². The standard InChI is InChI=1S/C10H12ClFN4O/c1-5-3-6(12)4-7(11)8(5)16(9(13)14)10(17)15-2/h3-4H,1-2H3,(H3,13,14)(H,15,17). The highest BCUT2D eigenvalue weighted by Crippen LogP contribution is 2.30. The summed E-state index contributed by atoms with van der Waals surface area (Å²) in [6.45, 7) is 1.57. The largest absolute Gasteiger partial charge is 0.369 e. The molecule has 0 atom stereocenters. The number of hydrogen-bond donors (Lipinski definition) is 3. The molecule has 17 heavy (non-hydrogen) atoms. The van der Waals surface area contributed by atoms with Crippen LogP contribution in [0.4, 0.5) is 14.9 Å². The van der Waals surface area contributed by atoms with E-state index in [1.165, 1.54) is 13.1 Å². The molecule has 0 aliphatic rings. The Hall–Kier alpha value is -1.82. The number of amides is 2. The number of halogens is 2. The van der Waals surface area contributed by atoms with Gasteiger partial charge < -0.3 is 11.1 Å². The highest BCUT2D eigenvalue weighted by atomic mass is 35.5. The van der Waals surface area contributed by atoms with E-state index in [4.69, 9.17) is 22.7 Å². The molecule has 7 heteroatoms. The maximum atomic E-state index is 13.1. The number of urea groups is 1. The zero-order chi connectivity index (χ0) is 13.2. The molecule has 0 fully saturated rings. The number of guanidine groups is 1. The van der Waals surface area contributed by atoms with E-state index >= 15 is 0 Å². The molecule has 0 heterocycles. The van der Waals surface area contributed by atoms with Gasteiger partial charge in [-0.25, -0.2) is 14.1 Å². The Balaban J connectivity index is 3.38. The molecular formula is C10H12ClFN4O. The number of nitrogens with zero attached hydrogens (tertiary/aromatic N) is 1. The van der Waals surface area contributed by atoms with Gasteiger partial charge in [-0.1, -0.05) is 11.6 Å². The Kier molecular flexibility index (Phi) is 3.90. The smallest absolute Gasteiger partial charge is 0.328 e. The molecule has 0 bridgehead atoms. The van der Waals surface area contributed by atoms with E-state index in [1.807, 2.05) is 0 Å². The minimum absolute atomic E-state index is 0.0151. The van der Waals surface area contributed by atoms with Crippen molar-refractivity contribution in [2.75, 3.05) is 11.9 Å². The van der Waals surface area contributed by atoms with E-state index in [0.29, 0.717) is 5.56 Å². The normalized spacial score (nSPS) is 9.88. The van der Waals surface area contributed by atoms with E-state index in [0.717, 1.165) is 11.0 Å². The number of rotatable bonds is 1. The van der Waals surface area contributed by atoms with Gasteiger partial charge >= 0.3 is 6.03 Å². The number of aryl methyl sites for hydroxylation is 1. The van der Waals surface area contributed by atoms with Crippen molar-refractivity contribution in [3.63, 3.8) is 0 Å². The number of carbonyl (C=O) groups is 1. The maximum absolute atomic E-state index is 13.1. The molecule has 2 amide bonds. The van der Waals surface area contributed by atoms with Crippen molar-refractivity contribution in [3.05, 3.63) is 28.5 Å². The van der Waals surface area contributed by atoms with Gasteiger partial charge in [0, 0.05) is 7.05 Å². The number of carbonyl (C=O) groups excluding carboxylic acids is 1. The first-order valence-electron chi connectivity index (χ1n) is 4.70. The molecule has 4 N–H and O–H groups in total. The Bertz CT molecular complexity index is 454. The number of anilines is 1. The fourth-order valence-corrected chi connectivity index (χ4v) is 1.76. The summed E-state index contributed by atoms with van der Waals surface area (Å²) in [5.41, 5.74) is 5.92. The lowest BCUT2D eigenvalue weighted by molar-refractivity contribution is 0.251. The molecule has 0 aromatic heterocycles. The molecule has 0 aliphatic heterocycles. The van der Waals surface area contributed by atoms with Crippen molar-refractivity contribution in [3.8, 4) is 0 Å². The first kappa shape index (κ1) is 13.2. The summed E-state index contributed by atoms with van der Waals surface area (Å²) in [6, 6.07) is 1.65. The van der Waals surface area contributed by atoms with Crippen molar-refractivity contribution >= 4 is 29.3 Å². The summed E-state index contributed by atoms with van der Waals surface area (Å²) in [4.78, 5) is 12.5. The molecule has 5 nitrogen and oxygen atoms in total. The Morgan fingerprint density at radius 2 is 2.18 bits per heavy atom. The lowest BCUT2D eigenvalue weighted by atomic mass is 10.2. The summed E-state index contributed by atoms with van der Waals surface area (Å²) in [7, 11) is 1.39. The van der Waals surface area contributed by atoms with Gasteiger partial charge in [-0.05, 0) is 24.6 Å². The van der Waals surface area contributed by atoms with Gasteiger partial charge in [-0.15, -0.1) is 0 Å². The van der Waals surface area contributed by atoms with Crippen LogP contribution in [0.5, 0.6) is 0 Å². The Morgan fingerprint density at radius 3 is 2.59 bits per heavy atom. The van der Waals surface area contributed by atoms with Gasteiger partial charge in [0.25, 0.3) is 0 Å².